The van der Waals surface area contributed by atoms with E-state index in [4.69, 9.17) is 0 Å². The van der Waals surface area contributed by atoms with E-state index in [1.807, 2.05) is 88.4 Å². The van der Waals surface area contributed by atoms with Crippen LogP contribution < -0.4 is 10.4 Å². The number of rotatable bonds is 9. The molecular weight excluding hydrogens is 396 g/mol. The zero-order valence-corrected chi connectivity index (χ0v) is 19.1. The van der Waals surface area contributed by atoms with Crippen LogP contribution in [-0.4, -0.2) is 40.9 Å². The Balaban J connectivity index is 3.02. The van der Waals surface area contributed by atoms with E-state index in [2.05, 4.69) is 0 Å². The monoisotopic (exact) mass is 428 g/mol. The van der Waals surface area contributed by atoms with Crippen molar-refractivity contribution in [1.82, 2.24) is 0 Å². The summed E-state index contributed by atoms with van der Waals surface area (Å²) in [5.41, 5.74) is -3.86. The van der Waals surface area contributed by atoms with E-state index < -0.39 is 36.2 Å². The first-order valence-electron chi connectivity index (χ1n) is 10.3. The van der Waals surface area contributed by atoms with Crippen LogP contribution in [-0.2, 0) is 9.59 Å². The minimum Gasteiger partial charge on any atom is -0.481 e. The Bertz CT molecular complexity index is 821. The second-order valence-corrected chi connectivity index (χ2v) is 13.7. The molecule has 2 unspecified atom stereocenters. The highest BCUT2D eigenvalue weighted by atomic mass is 28.3. The van der Waals surface area contributed by atoms with Gasteiger partial charge in [0.1, 0.15) is 8.07 Å². The first kappa shape index (κ1) is 23.8. The van der Waals surface area contributed by atoms with Crippen LogP contribution in [0, 0.1) is 0 Å². The molecule has 0 heterocycles. The molecule has 0 saturated carbocycles. The number of aliphatic hydroxyl groups is 1. The van der Waals surface area contributed by atoms with Gasteiger partial charge in [-0.25, -0.2) is 4.79 Å². The maximum atomic E-state index is 12.9. The maximum Gasteiger partial charge on any atom is 0.336 e. The molecule has 0 aliphatic carbocycles. The van der Waals surface area contributed by atoms with Crippen molar-refractivity contribution >= 4 is 30.4 Å². The third-order valence-corrected chi connectivity index (χ3v) is 12.5. The molecule has 0 radical (unpaired) electrons. The Morgan fingerprint density at radius 2 is 1.33 bits per heavy atom. The SMILES string of the molecule is CCCCC(O)(C(=O)O)C(C(=O)O)[Si](c1ccccc1)(c1ccccc1)C(C)(C)C. The molecule has 0 fully saturated rings. The summed E-state index contributed by atoms with van der Waals surface area (Å²) in [7, 11) is -3.42. The summed E-state index contributed by atoms with van der Waals surface area (Å²) < 4.78 is 0. The molecular formula is C24H32O5Si. The Kier molecular flexibility index (Phi) is 7.26. The topological polar surface area (TPSA) is 94.8 Å². The van der Waals surface area contributed by atoms with Crippen LogP contribution in [0.1, 0.15) is 47.0 Å². The number of carboxylic acids is 2. The molecule has 2 rings (SSSR count). The highest BCUT2D eigenvalue weighted by Gasteiger charge is 2.65. The lowest BCUT2D eigenvalue weighted by Crippen LogP contribution is -2.73. The smallest absolute Gasteiger partial charge is 0.336 e. The average molecular weight is 429 g/mol. The predicted molar refractivity (Wildman–Crippen MR) is 121 cm³/mol. The van der Waals surface area contributed by atoms with E-state index in [0.29, 0.717) is 12.8 Å². The van der Waals surface area contributed by atoms with Gasteiger partial charge in [0.15, 0.2) is 5.60 Å². The molecule has 30 heavy (non-hydrogen) atoms. The lowest BCUT2D eigenvalue weighted by atomic mass is 9.92. The van der Waals surface area contributed by atoms with Crippen molar-refractivity contribution in [3.8, 4) is 0 Å². The van der Waals surface area contributed by atoms with Crippen molar-refractivity contribution in [3.05, 3.63) is 60.7 Å². The van der Waals surface area contributed by atoms with Crippen LogP contribution in [0.2, 0.25) is 10.6 Å². The average Bonchev–Trinajstić information content (AvgIpc) is 2.70. The van der Waals surface area contributed by atoms with Crippen LogP contribution in [0.3, 0.4) is 0 Å². The van der Waals surface area contributed by atoms with Gasteiger partial charge in [-0.3, -0.25) is 4.79 Å². The molecule has 0 aliphatic heterocycles. The van der Waals surface area contributed by atoms with E-state index >= 15 is 0 Å². The molecule has 162 valence electrons. The van der Waals surface area contributed by atoms with Crippen molar-refractivity contribution in [3.63, 3.8) is 0 Å². The molecule has 0 amide bonds. The van der Waals surface area contributed by atoms with E-state index in [-0.39, 0.29) is 6.42 Å². The highest BCUT2D eigenvalue weighted by Crippen LogP contribution is 2.49. The quantitative estimate of drug-likeness (QED) is 0.531. The fourth-order valence-corrected chi connectivity index (χ4v) is 11.2. The van der Waals surface area contributed by atoms with Gasteiger partial charge in [0, 0.05) is 0 Å². The fourth-order valence-electron chi connectivity index (χ4n) is 4.77. The summed E-state index contributed by atoms with van der Waals surface area (Å²) in [6, 6.07) is 18.6. The zero-order valence-electron chi connectivity index (χ0n) is 18.1. The second-order valence-electron chi connectivity index (χ2n) is 8.89. The molecule has 6 heteroatoms. The van der Waals surface area contributed by atoms with E-state index in [9.17, 15) is 24.9 Å². The molecule has 2 aromatic carbocycles. The normalized spacial score (nSPS) is 15.2. The summed E-state index contributed by atoms with van der Waals surface area (Å²) in [4.78, 5) is 25.3. The first-order valence-corrected chi connectivity index (χ1v) is 12.4. The van der Waals surface area contributed by atoms with Gasteiger partial charge in [-0.15, -0.1) is 0 Å². The molecule has 0 aromatic heterocycles. The van der Waals surface area contributed by atoms with Crippen molar-refractivity contribution < 1.29 is 24.9 Å². The number of hydrogen-bond acceptors (Lipinski definition) is 3. The van der Waals surface area contributed by atoms with Gasteiger partial charge < -0.3 is 15.3 Å². The molecule has 0 saturated heterocycles. The summed E-state index contributed by atoms with van der Waals surface area (Å²) in [6.07, 6.45) is 0.966. The standard InChI is InChI=1S/C24H32O5Si/c1-5-6-17-24(29,22(27)28)20(21(25)26)30(23(2,3)4,18-13-9-7-10-14-18)19-15-11-8-12-16-19/h7-16,20,29H,5-6,17H2,1-4H3,(H,25,26)(H,27,28). The van der Waals surface area contributed by atoms with Crippen molar-refractivity contribution in [2.75, 3.05) is 0 Å². The molecule has 2 aromatic rings. The van der Waals surface area contributed by atoms with E-state index in [1.165, 1.54) is 0 Å². The Morgan fingerprint density at radius 3 is 1.63 bits per heavy atom. The van der Waals surface area contributed by atoms with Gasteiger partial charge in [-0.2, -0.15) is 0 Å². The van der Waals surface area contributed by atoms with Crippen molar-refractivity contribution in [2.24, 2.45) is 0 Å². The van der Waals surface area contributed by atoms with E-state index in [0.717, 1.165) is 10.4 Å². The van der Waals surface area contributed by atoms with Crippen LogP contribution in [0.5, 0.6) is 0 Å². The van der Waals surface area contributed by atoms with Crippen LogP contribution in [0.15, 0.2) is 60.7 Å². The number of carbonyl (C=O) groups is 2. The van der Waals surface area contributed by atoms with Gasteiger partial charge in [-0.05, 0) is 11.5 Å². The van der Waals surface area contributed by atoms with Gasteiger partial charge in [-0.1, -0.05) is 112 Å². The molecule has 5 nitrogen and oxygen atoms in total. The maximum absolute atomic E-state index is 12.9. The third-order valence-electron chi connectivity index (χ3n) is 6.08. The van der Waals surface area contributed by atoms with Crippen LogP contribution in [0.25, 0.3) is 0 Å². The number of hydrogen-bond donors (Lipinski definition) is 3. The van der Waals surface area contributed by atoms with Gasteiger partial charge in [0.25, 0.3) is 0 Å². The number of carboxylic acid groups (broad SMARTS) is 2. The fraction of sp³-hybridized carbons (Fsp3) is 0.417. The van der Waals surface area contributed by atoms with Gasteiger partial charge in [0.2, 0.25) is 0 Å². The third kappa shape index (κ3) is 4.07. The molecule has 0 bridgehead atoms. The second kappa shape index (κ2) is 9.14. The lowest BCUT2D eigenvalue weighted by Gasteiger charge is -2.51. The molecule has 2 atom stereocenters. The van der Waals surface area contributed by atoms with E-state index in [1.54, 1.807) is 0 Å². The highest BCUT2D eigenvalue weighted by molar-refractivity contribution is 7.07. The number of aliphatic carboxylic acids is 2. The predicted octanol–water partition coefficient (Wildman–Crippen LogP) is 3.51. The zero-order chi connectivity index (χ0) is 22.6. The number of benzene rings is 2. The minimum atomic E-state index is -3.42. The first-order chi connectivity index (χ1) is 14.0. The number of unbranched alkanes of at least 4 members (excludes halogenated alkanes) is 1. The largest absolute Gasteiger partial charge is 0.481 e. The van der Waals surface area contributed by atoms with Crippen LogP contribution >= 0.6 is 0 Å². The summed E-state index contributed by atoms with van der Waals surface area (Å²) >= 11 is 0. The Morgan fingerprint density at radius 1 is 0.900 bits per heavy atom. The minimum absolute atomic E-state index is 0.111. The van der Waals surface area contributed by atoms with Crippen molar-refractivity contribution in [2.45, 2.75) is 63.1 Å². The molecule has 3 N–H and O–H groups in total. The van der Waals surface area contributed by atoms with Gasteiger partial charge >= 0.3 is 11.9 Å². The Labute approximate surface area is 179 Å². The van der Waals surface area contributed by atoms with Crippen molar-refractivity contribution in [1.29, 1.82) is 0 Å². The van der Waals surface area contributed by atoms with Crippen LogP contribution in [0.4, 0.5) is 0 Å². The lowest BCUT2D eigenvalue weighted by molar-refractivity contribution is -0.166. The van der Waals surface area contributed by atoms with Gasteiger partial charge in [0.05, 0.1) is 5.54 Å². The summed E-state index contributed by atoms with van der Waals surface area (Å²) in [5.74, 6) is -2.75. The Hall–Kier alpha value is -2.44. The summed E-state index contributed by atoms with van der Waals surface area (Å²) in [6.45, 7) is 7.76. The summed E-state index contributed by atoms with van der Waals surface area (Å²) in [5, 5.41) is 33.1. The molecule has 0 spiro atoms. The molecule has 0 aliphatic rings.